The standard InChI is InChI=1S/C16H24N2/c1-12(14-5-3-2-4-6-14)18-15-7-8-16(18)10-13(9-15)11-17/h2-6,12-13,15-16H,7-11,17H2,1H3. The van der Waals surface area contributed by atoms with E-state index in [0.29, 0.717) is 6.04 Å². The number of hydrogen-bond donors (Lipinski definition) is 1. The van der Waals surface area contributed by atoms with Gasteiger partial charge in [0.2, 0.25) is 0 Å². The van der Waals surface area contributed by atoms with Crippen LogP contribution in [0.1, 0.15) is 44.2 Å². The Morgan fingerprint density at radius 2 is 1.78 bits per heavy atom. The molecule has 3 rings (SSSR count). The van der Waals surface area contributed by atoms with Crippen LogP contribution in [-0.2, 0) is 0 Å². The Morgan fingerprint density at radius 3 is 2.33 bits per heavy atom. The van der Waals surface area contributed by atoms with Gasteiger partial charge in [0.25, 0.3) is 0 Å². The van der Waals surface area contributed by atoms with E-state index in [4.69, 9.17) is 5.73 Å². The average molecular weight is 244 g/mol. The summed E-state index contributed by atoms with van der Waals surface area (Å²) in [5, 5.41) is 0. The molecule has 2 N–H and O–H groups in total. The summed E-state index contributed by atoms with van der Waals surface area (Å²) < 4.78 is 0. The maximum Gasteiger partial charge on any atom is 0.0325 e. The predicted octanol–water partition coefficient (Wildman–Crippen LogP) is 2.95. The van der Waals surface area contributed by atoms with Gasteiger partial charge in [0.15, 0.2) is 0 Å². The Morgan fingerprint density at radius 1 is 1.17 bits per heavy atom. The van der Waals surface area contributed by atoms with Crippen molar-refractivity contribution in [1.29, 1.82) is 0 Å². The van der Waals surface area contributed by atoms with Gasteiger partial charge >= 0.3 is 0 Å². The number of nitrogens with two attached hydrogens (primary N) is 1. The minimum absolute atomic E-state index is 0.558. The highest BCUT2D eigenvalue weighted by Crippen LogP contribution is 2.43. The van der Waals surface area contributed by atoms with Crippen molar-refractivity contribution in [3.8, 4) is 0 Å². The predicted molar refractivity (Wildman–Crippen MR) is 75.3 cm³/mol. The zero-order valence-corrected chi connectivity index (χ0v) is 11.3. The van der Waals surface area contributed by atoms with Gasteiger partial charge in [-0.3, -0.25) is 4.90 Å². The fraction of sp³-hybridized carbons (Fsp3) is 0.625. The van der Waals surface area contributed by atoms with Crippen LogP contribution >= 0.6 is 0 Å². The first kappa shape index (κ1) is 12.2. The van der Waals surface area contributed by atoms with Crippen molar-refractivity contribution in [2.24, 2.45) is 11.7 Å². The Hall–Kier alpha value is -0.860. The van der Waals surface area contributed by atoms with Gasteiger partial charge in [0, 0.05) is 18.1 Å². The van der Waals surface area contributed by atoms with Gasteiger partial charge in [-0.05, 0) is 50.6 Å². The first-order valence-electron chi connectivity index (χ1n) is 7.32. The third-order valence-corrected chi connectivity index (χ3v) is 4.95. The number of hydrogen-bond acceptors (Lipinski definition) is 2. The summed E-state index contributed by atoms with van der Waals surface area (Å²) >= 11 is 0. The quantitative estimate of drug-likeness (QED) is 0.885. The number of rotatable bonds is 3. The summed E-state index contributed by atoms with van der Waals surface area (Å²) in [6.07, 6.45) is 5.37. The van der Waals surface area contributed by atoms with E-state index in [9.17, 15) is 0 Å². The molecule has 98 valence electrons. The first-order valence-corrected chi connectivity index (χ1v) is 7.32. The third-order valence-electron chi connectivity index (χ3n) is 4.95. The molecular formula is C16H24N2. The molecule has 2 aliphatic heterocycles. The van der Waals surface area contributed by atoms with E-state index in [2.05, 4.69) is 42.2 Å². The molecule has 2 fully saturated rings. The lowest BCUT2D eigenvalue weighted by molar-refractivity contribution is 0.0681. The van der Waals surface area contributed by atoms with E-state index >= 15 is 0 Å². The number of piperidine rings is 1. The molecule has 2 aliphatic rings. The fourth-order valence-electron chi connectivity index (χ4n) is 4.05. The number of fused-ring (bicyclic) bond motifs is 2. The zero-order chi connectivity index (χ0) is 12.5. The second-order valence-corrected chi connectivity index (χ2v) is 5.99. The molecule has 2 bridgehead atoms. The monoisotopic (exact) mass is 244 g/mol. The molecule has 0 saturated carbocycles. The van der Waals surface area contributed by atoms with Crippen LogP contribution in [0.2, 0.25) is 0 Å². The second-order valence-electron chi connectivity index (χ2n) is 5.99. The number of benzene rings is 1. The molecule has 0 aromatic heterocycles. The normalized spacial score (nSPS) is 33.6. The lowest BCUT2D eigenvalue weighted by Crippen LogP contribution is -2.45. The highest BCUT2D eigenvalue weighted by atomic mass is 15.2. The van der Waals surface area contributed by atoms with E-state index in [1.165, 1.54) is 31.2 Å². The molecule has 0 aliphatic carbocycles. The Bertz CT molecular complexity index is 375. The molecular weight excluding hydrogens is 220 g/mol. The van der Waals surface area contributed by atoms with E-state index < -0.39 is 0 Å². The maximum atomic E-state index is 5.87. The van der Waals surface area contributed by atoms with Crippen LogP contribution in [0.4, 0.5) is 0 Å². The smallest absolute Gasteiger partial charge is 0.0325 e. The molecule has 18 heavy (non-hydrogen) atoms. The molecule has 0 amide bonds. The van der Waals surface area contributed by atoms with Crippen LogP contribution in [0.5, 0.6) is 0 Å². The highest BCUT2D eigenvalue weighted by Gasteiger charge is 2.42. The van der Waals surface area contributed by atoms with Gasteiger partial charge in [-0.25, -0.2) is 0 Å². The van der Waals surface area contributed by atoms with Crippen molar-refractivity contribution in [2.45, 2.75) is 50.7 Å². The van der Waals surface area contributed by atoms with Crippen molar-refractivity contribution < 1.29 is 0 Å². The number of nitrogens with zero attached hydrogens (tertiary/aromatic N) is 1. The Kier molecular flexibility index (Phi) is 3.40. The van der Waals surface area contributed by atoms with Crippen LogP contribution < -0.4 is 5.73 Å². The molecule has 2 heterocycles. The van der Waals surface area contributed by atoms with Gasteiger partial charge in [-0.2, -0.15) is 0 Å². The van der Waals surface area contributed by atoms with Gasteiger partial charge in [-0.1, -0.05) is 30.3 Å². The topological polar surface area (TPSA) is 29.3 Å². The van der Waals surface area contributed by atoms with Crippen molar-refractivity contribution in [2.75, 3.05) is 6.54 Å². The van der Waals surface area contributed by atoms with Crippen LogP contribution in [0.25, 0.3) is 0 Å². The minimum Gasteiger partial charge on any atom is -0.330 e. The largest absolute Gasteiger partial charge is 0.330 e. The Balaban J connectivity index is 1.78. The van der Waals surface area contributed by atoms with Gasteiger partial charge in [-0.15, -0.1) is 0 Å². The van der Waals surface area contributed by atoms with Gasteiger partial charge in [0.1, 0.15) is 0 Å². The molecule has 2 nitrogen and oxygen atoms in total. The SMILES string of the molecule is CC(c1ccccc1)N1C2CCC1CC(CN)C2. The van der Waals surface area contributed by atoms with Crippen molar-refractivity contribution in [3.63, 3.8) is 0 Å². The summed E-state index contributed by atoms with van der Waals surface area (Å²) in [7, 11) is 0. The van der Waals surface area contributed by atoms with Gasteiger partial charge < -0.3 is 5.73 Å². The van der Waals surface area contributed by atoms with Crippen molar-refractivity contribution in [3.05, 3.63) is 35.9 Å². The average Bonchev–Trinajstić information content (AvgIpc) is 2.69. The van der Waals surface area contributed by atoms with Crippen LogP contribution in [0.3, 0.4) is 0 Å². The molecule has 3 unspecified atom stereocenters. The van der Waals surface area contributed by atoms with Crippen molar-refractivity contribution >= 4 is 0 Å². The molecule has 1 aromatic carbocycles. The molecule has 2 heteroatoms. The molecule has 3 atom stereocenters. The fourth-order valence-corrected chi connectivity index (χ4v) is 4.05. The lowest BCUT2D eigenvalue weighted by atomic mass is 9.89. The van der Waals surface area contributed by atoms with Crippen LogP contribution in [0, 0.1) is 5.92 Å². The second kappa shape index (κ2) is 5.02. The zero-order valence-electron chi connectivity index (χ0n) is 11.3. The summed E-state index contributed by atoms with van der Waals surface area (Å²) in [6.45, 7) is 3.24. The van der Waals surface area contributed by atoms with E-state index in [0.717, 1.165) is 24.5 Å². The van der Waals surface area contributed by atoms with Crippen LogP contribution in [-0.4, -0.2) is 23.5 Å². The summed E-state index contributed by atoms with van der Waals surface area (Å²) in [4.78, 5) is 2.77. The molecule has 0 radical (unpaired) electrons. The molecule has 2 saturated heterocycles. The molecule has 0 spiro atoms. The van der Waals surface area contributed by atoms with Gasteiger partial charge in [0.05, 0.1) is 0 Å². The third kappa shape index (κ3) is 2.08. The van der Waals surface area contributed by atoms with E-state index in [-0.39, 0.29) is 0 Å². The molecule has 1 aromatic rings. The maximum absolute atomic E-state index is 5.87. The van der Waals surface area contributed by atoms with Crippen LogP contribution in [0.15, 0.2) is 30.3 Å². The Labute approximate surface area is 110 Å². The lowest BCUT2D eigenvalue weighted by Gasteiger charge is -2.42. The van der Waals surface area contributed by atoms with E-state index in [1.54, 1.807) is 0 Å². The minimum atomic E-state index is 0.558. The van der Waals surface area contributed by atoms with E-state index in [1.807, 2.05) is 0 Å². The summed E-state index contributed by atoms with van der Waals surface area (Å²) in [5.41, 5.74) is 7.33. The van der Waals surface area contributed by atoms with Crippen molar-refractivity contribution in [1.82, 2.24) is 4.90 Å². The summed E-state index contributed by atoms with van der Waals surface area (Å²) in [5.74, 6) is 0.765. The highest BCUT2D eigenvalue weighted by molar-refractivity contribution is 5.19. The summed E-state index contributed by atoms with van der Waals surface area (Å²) in [6, 6.07) is 13.0. The first-order chi connectivity index (χ1) is 8.79.